The van der Waals surface area contributed by atoms with Crippen molar-refractivity contribution in [1.29, 1.82) is 0 Å². The minimum atomic E-state index is 0.0151. The van der Waals surface area contributed by atoms with Crippen molar-refractivity contribution >= 4 is 33.8 Å². The van der Waals surface area contributed by atoms with Gasteiger partial charge in [-0.05, 0) is 25.2 Å². The van der Waals surface area contributed by atoms with E-state index in [4.69, 9.17) is 17.0 Å². The van der Waals surface area contributed by atoms with E-state index in [2.05, 4.69) is 9.88 Å². The van der Waals surface area contributed by atoms with Crippen LogP contribution in [0.25, 0.3) is 10.2 Å². The number of fused-ring (bicyclic) bond motifs is 1. The SMILES string of the molecule is Cc1cc2c(=O)n(CCN3CCOCC3)c(=S)[nH]c2s1. The lowest BCUT2D eigenvalue weighted by Gasteiger charge is -2.26. The number of ether oxygens (including phenoxy) is 1. The molecule has 2 aromatic heterocycles. The largest absolute Gasteiger partial charge is 0.379 e. The van der Waals surface area contributed by atoms with Crippen LogP contribution in [0.3, 0.4) is 0 Å². The first-order chi connectivity index (χ1) is 9.65. The molecule has 1 N–H and O–H groups in total. The predicted molar refractivity (Wildman–Crippen MR) is 83.3 cm³/mol. The third kappa shape index (κ3) is 2.71. The summed E-state index contributed by atoms with van der Waals surface area (Å²) < 4.78 is 7.50. The summed E-state index contributed by atoms with van der Waals surface area (Å²) in [5.41, 5.74) is 0.0151. The molecule has 2 aromatic rings. The van der Waals surface area contributed by atoms with Crippen LogP contribution >= 0.6 is 23.6 Å². The highest BCUT2D eigenvalue weighted by molar-refractivity contribution is 7.71. The maximum atomic E-state index is 12.5. The normalized spacial score (nSPS) is 16.9. The Morgan fingerprint density at radius 3 is 2.90 bits per heavy atom. The molecular weight excluding hydrogens is 294 g/mol. The van der Waals surface area contributed by atoms with Gasteiger partial charge >= 0.3 is 0 Å². The molecule has 0 aromatic carbocycles. The number of rotatable bonds is 3. The maximum Gasteiger partial charge on any atom is 0.263 e. The molecule has 0 amide bonds. The zero-order valence-corrected chi connectivity index (χ0v) is 13.0. The van der Waals surface area contributed by atoms with Crippen molar-refractivity contribution in [2.75, 3.05) is 32.8 Å². The van der Waals surface area contributed by atoms with E-state index in [0.717, 1.165) is 47.9 Å². The zero-order chi connectivity index (χ0) is 14.1. The first-order valence-corrected chi connectivity index (χ1v) is 7.91. The summed E-state index contributed by atoms with van der Waals surface area (Å²) in [7, 11) is 0. The molecule has 1 aliphatic heterocycles. The molecule has 1 aliphatic rings. The van der Waals surface area contributed by atoms with E-state index in [1.807, 2.05) is 13.0 Å². The molecule has 108 valence electrons. The Morgan fingerprint density at radius 2 is 2.15 bits per heavy atom. The summed E-state index contributed by atoms with van der Waals surface area (Å²) in [6, 6.07) is 1.93. The number of hydrogen-bond donors (Lipinski definition) is 1. The number of nitrogens with one attached hydrogen (secondary N) is 1. The lowest BCUT2D eigenvalue weighted by molar-refractivity contribution is 0.0362. The van der Waals surface area contributed by atoms with Gasteiger partial charge in [0.25, 0.3) is 5.56 Å². The van der Waals surface area contributed by atoms with Gasteiger partial charge < -0.3 is 9.72 Å². The van der Waals surface area contributed by atoms with Gasteiger partial charge in [0.05, 0.1) is 18.6 Å². The molecule has 5 nitrogen and oxygen atoms in total. The van der Waals surface area contributed by atoms with Crippen LogP contribution in [0, 0.1) is 11.7 Å². The van der Waals surface area contributed by atoms with Gasteiger partial charge in [-0.1, -0.05) is 0 Å². The van der Waals surface area contributed by atoms with Gasteiger partial charge in [0, 0.05) is 31.1 Å². The van der Waals surface area contributed by atoms with Crippen LogP contribution < -0.4 is 5.56 Å². The van der Waals surface area contributed by atoms with E-state index in [1.54, 1.807) is 15.9 Å². The Kier molecular flexibility index (Phi) is 4.02. The van der Waals surface area contributed by atoms with Crippen molar-refractivity contribution in [3.8, 4) is 0 Å². The average molecular weight is 311 g/mol. The van der Waals surface area contributed by atoms with E-state index >= 15 is 0 Å². The molecule has 3 heterocycles. The quantitative estimate of drug-likeness (QED) is 0.878. The predicted octanol–water partition coefficient (Wildman–Crippen LogP) is 1.76. The van der Waals surface area contributed by atoms with Crippen molar-refractivity contribution in [2.24, 2.45) is 0 Å². The van der Waals surface area contributed by atoms with Crippen LogP contribution in [0.5, 0.6) is 0 Å². The van der Waals surface area contributed by atoms with Crippen molar-refractivity contribution in [2.45, 2.75) is 13.5 Å². The van der Waals surface area contributed by atoms with Gasteiger partial charge in [0.2, 0.25) is 0 Å². The second-order valence-electron chi connectivity index (χ2n) is 4.94. The number of aromatic nitrogens is 2. The number of aryl methyl sites for hydroxylation is 1. The fraction of sp³-hybridized carbons (Fsp3) is 0.538. The van der Waals surface area contributed by atoms with E-state index in [9.17, 15) is 4.79 Å². The molecule has 20 heavy (non-hydrogen) atoms. The molecule has 1 saturated heterocycles. The monoisotopic (exact) mass is 311 g/mol. The molecule has 0 radical (unpaired) electrons. The number of aromatic amines is 1. The standard InChI is InChI=1S/C13H17N3O2S2/c1-9-8-10-11(20-9)14-13(19)16(12(10)17)3-2-15-4-6-18-7-5-15/h8H,2-7H2,1H3,(H,14,19). The topological polar surface area (TPSA) is 50.3 Å². The molecule has 1 fully saturated rings. The highest BCUT2D eigenvalue weighted by Crippen LogP contribution is 2.19. The third-order valence-electron chi connectivity index (χ3n) is 3.54. The minimum Gasteiger partial charge on any atom is -0.379 e. The lowest BCUT2D eigenvalue weighted by atomic mass is 10.3. The molecule has 0 spiro atoms. The fourth-order valence-corrected chi connectivity index (χ4v) is 3.68. The van der Waals surface area contributed by atoms with Crippen LogP contribution in [0.4, 0.5) is 0 Å². The molecule has 0 bridgehead atoms. The Hall–Kier alpha value is -1.02. The summed E-state index contributed by atoms with van der Waals surface area (Å²) in [5.74, 6) is 0. The molecular formula is C13H17N3O2S2. The third-order valence-corrected chi connectivity index (χ3v) is 4.83. The van der Waals surface area contributed by atoms with E-state index in [0.29, 0.717) is 11.3 Å². The number of morpholine rings is 1. The molecule has 0 aliphatic carbocycles. The van der Waals surface area contributed by atoms with Crippen LogP contribution in [-0.4, -0.2) is 47.3 Å². The Labute approximate surface area is 125 Å². The van der Waals surface area contributed by atoms with Crippen molar-refractivity contribution in [1.82, 2.24) is 14.5 Å². The number of nitrogens with zero attached hydrogens (tertiary/aromatic N) is 2. The summed E-state index contributed by atoms with van der Waals surface area (Å²) in [4.78, 5) is 19.9. The lowest BCUT2D eigenvalue weighted by Crippen LogP contribution is -2.39. The van der Waals surface area contributed by atoms with E-state index < -0.39 is 0 Å². The smallest absolute Gasteiger partial charge is 0.263 e. The Balaban J connectivity index is 1.87. The molecule has 0 unspecified atom stereocenters. The zero-order valence-electron chi connectivity index (χ0n) is 11.3. The second-order valence-corrected chi connectivity index (χ2v) is 6.58. The van der Waals surface area contributed by atoms with Crippen molar-refractivity contribution < 1.29 is 4.74 Å². The first kappa shape index (κ1) is 13.9. The van der Waals surface area contributed by atoms with Gasteiger partial charge in [-0.25, -0.2) is 0 Å². The highest BCUT2D eigenvalue weighted by atomic mass is 32.1. The van der Waals surface area contributed by atoms with Crippen LogP contribution in [-0.2, 0) is 11.3 Å². The van der Waals surface area contributed by atoms with Crippen LogP contribution in [0.1, 0.15) is 4.88 Å². The maximum absolute atomic E-state index is 12.5. The number of H-pyrrole nitrogens is 1. The van der Waals surface area contributed by atoms with Crippen LogP contribution in [0.2, 0.25) is 0 Å². The second kappa shape index (κ2) is 5.77. The minimum absolute atomic E-state index is 0.0151. The van der Waals surface area contributed by atoms with Gasteiger partial charge in [-0.3, -0.25) is 14.3 Å². The molecule has 0 saturated carbocycles. The summed E-state index contributed by atoms with van der Waals surface area (Å²) in [5, 5.41) is 0.739. The molecule has 3 rings (SSSR count). The van der Waals surface area contributed by atoms with Gasteiger partial charge in [-0.2, -0.15) is 0 Å². The Bertz CT molecular complexity index is 725. The fourth-order valence-electron chi connectivity index (χ4n) is 2.44. The van der Waals surface area contributed by atoms with Gasteiger partial charge in [0.15, 0.2) is 4.77 Å². The average Bonchev–Trinajstić information content (AvgIpc) is 2.80. The molecule has 0 atom stereocenters. The van der Waals surface area contributed by atoms with Crippen LogP contribution in [0.15, 0.2) is 10.9 Å². The highest BCUT2D eigenvalue weighted by Gasteiger charge is 2.12. The summed E-state index contributed by atoms with van der Waals surface area (Å²) >= 11 is 6.89. The van der Waals surface area contributed by atoms with E-state index in [1.165, 1.54) is 0 Å². The van der Waals surface area contributed by atoms with Gasteiger partial charge in [-0.15, -0.1) is 11.3 Å². The van der Waals surface area contributed by atoms with E-state index in [-0.39, 0.29) is 5.56 Å². The Morgan fingerprint density at radius 1 is 1.40 bits per heavy atom. The molecule has 7 heteroatoms. The van der Waals surface area contributed by atoms with Gasteiger partial charge in [0.1, 0.15) is 4.83 Å². The van der Waals surface area contributed by atoms with Crippen molar-refractivity contribution in [3.05, 3.63) is 26.1 Å². The summed E-state index contributed by atoms with van der Waals surface area (Å²) in [6.45, 7) is 6.83. The number of hydrogen-bond acceptors (Lipinski definition) is 5. The first-order valence-electron chi connectivity index (χ1n) is 6.68. The number of thiophene rings is 1. The van der Waals surface area contributed by atoms with Crippen molar-refractivity contribution in [3.63, 3.8) is 0 Å². The summed E-state index contributed by atoms with van der Waals surface area (Å²) in [6.07, 6.45) is 0.